The molecule has 2 aromatic heterocycles. The molecule has 4 aromatic rings. The molecule has 2 aromatic carbocycles. The van der Waals surface area contributed by atoms with Crippen LogP contribution in [0.1, 0.15) is 0 Å². The average molecular weight is 254 g/mol. The molecule has 0 saturated heterocycles. The molecule has 0 atom stereocenters. The zero-order valence-electron chi connectivity index (χ0n) is 9.45. The van der Waals surface area contributed by atoms with E-state index in [4.69, 9.17) is 0 Å². The van der Waals surface area contributed by atoms with Crippen molar-refractivity contribution in [1.29, 1.82) is 0 Å². The molecule has 0 unspecified atom stereocenters. The van der Waals surface area contributed by atoms with Crippen LogP contribution in [0.25, 0.3) is 21.1 Å². The Morgan fingerprint density at radius 2 is 1.50 bits per heavy atom. The van der Waals surface area contributed by atoms with Crippen LogP contribution in [0.4, 0.5) is 0 Å². The Morgan fingerprint density at radius 3 is 2.22 bits per heavy atom. The van der Waals surface area contributed by atoms with Gasteiger partial charge in [-0.25, -0.2) is 0 Å². The lowest BCUT2D eigenvalue weighted by Crippen LogP contribution is -1.63. The van der Waals surface area contributed by atoms with Gasteiger partial charge >= 0.3 is 0 Å². The second-order valence-electron chi connectivity index (χ2n) is 3.68. The van der Waals surface area contributed by atoms with E-state index in [2.05, 4.69) is 31.9 Å². The Bertz CT molecular complexity index is 633. The quantitative estimate of drug-likeness (QED) is 0.524. The second kappa shape index (κ2) is 4.93. The highest BCUT2D eigenvalue weighted by Gasteiger charge is 1.91. The standard InChI is InChI=1S/C7H5NS.C6H5N3/c1-2-4-7-6(3-1)5-8-9-7;1-2-4-6-5(3-1)7-9-8-6/h1-5H;1-4H,(H,7,8,9). The molecular weight excluding hydrogens is 244 g/mol. The van der Waals surface area contributed by atoms with Crippen molar-refractivity contribution < 1.29 is 0 Å². The minimum atomic E-state index is 0.914. The molecule has 0 bridgehead atoms. The number of H-pyrrole nitrogens is 1. The summed E-state index contributed by atoms with van der Waals surface area (Å²) in [6.45, 7) is 0. The van der Waals surface area contributed by atoms with Crippen LogP contribution in [0.3, 0.4) is 0 Å². The van der Waals surface area contributed by atoms with E-state index in [1.807, 2.05) is 42.6 Å². The molecule has 1 N–H and O–H groups in total. The van der Waals surface area contributed by atoms with Gasteiger partial charge in [-0.1, -0.05) is 30.3 Å². The predicted molar refractivity (Wildman–Crippen MR) is 73.5 cm³/mol. The van der Waals surface area contributed by atoms with Crippen LogP contribution < -0.4 is 0 Å². The average Bonchev–Trinajstić information content (AvgIpc) is 3.08. The molecule has 0 amide bonds. The zero-order valence-corrected chi connectivity index (χ0v) is 10.3. The summed E-state index contributed by atoms with van der Waals surface area (Å²) in [4.78, 5) is 0. The number of aromatic amines is 1. The summed E-state index contributed by atoms with van der Waals surface area (Å²) in [5.74, 6) is 0. The predicted octanol–water partition coefficient (Wildman–Crippen LogP) is 3.25. The molecule has 5 heteroatoms. The molecular formula is C13H10N4S. The van der Waals surface area contributed by atoms with Gasteiger partial charge in [0.2, 0.25) is 0 Å². The fourth-order valence-corrected chi connectivity index (χ4v) is 2.24. The van der Waals surface area contributed by atoms with Crippen molar-refractivity contribution in [1.82, 2.24) is 19.8 Å². The van der Waals surface area contributed by atoms with Gasteiger partial charge in [0.05, 0.1) is 4.70 Å². The van der Waals surface area contributed by atoms with Gasteiger partial charge < -0.3 is 0 Å². The summed E-state index contributed by atoms with van der Waals surface area (Å²) in [6, 6.07) is 15.9. The van der Waals surface area contributed by atoms with E-state index >= 15 is 0 Å². The van der Waals surface area contributed by atoms with Gasteiger partial charge in [-0.05, 0) is 29.7 Å². The van der Waals surface area contributed by atoms with Crippen molar-refractivity contribution in [3.8, 4) is 0 Å². The number of fused-ring (bicyclic) bond motifs is 2. The first kappa shape index (κ1) is 10.9. The summed E-state index contributed by atoms with van der Waals surface area (Å²) in [6.07, 6.45) is 1.89. The Morgan fingerprint density at radius 1 is 0.833 bits per heavy atom. The Labute approximate surface area is 107 Å². The summed E-state index contributed by atoms with van der Waals surface area (Å²) in [5.41, 5.74) is 1.83. The Hall–Kier alpha value is -2.27. The molecule has 88 valence electrons. The lowest BCUT2D eigenvalue weighted by molar-refractivity contribution is 0.959. The van der Waals surface area contributed by atoms with E-state index in [9.17, 15) is 0 Å². The van der Waals surface area contributed by atoms with Crippen LogP contribution in [0, 0.1) is 0 Å². The van der Waals surface area contributed by atoms with Crippen molar-refractivity contribution in [2.75, 3.05) is 0 Å². The molecule has 4 rings (SSSR count). The number of benzene rings is 2. The van der Waals surface area contributed by atoms with Gasteiger partial charge in [0.15, 0.2) is 0 Å². The monoisotopic (exact) mass is 254 g/mol. The molecule has 0 radical (unpaired) electrons. The summed E-state index contributed by atoms with van der Waals surface area (Å²) in [5, 5.41) is 11.5. The topological polar surface area (TPSA) is 54.5 Å². The fraction of sp³-hybridized carbons (Fsp3) is 0. The molecule has 0 aliphatic rings. The van der Waals surface area contributed by atoms with Crippen LogP contribution in [0.2, 0.25) is 0 Å². The van der Waals surface area contributed by atoms with Gasteiger partial charge in [0.25, 0.3) is 0 Å². The van der Waals surface area contributed by atoms with Crippen LogP contribution in [-0.4, -0.2) is 19.8 Å². The van der Waals surface area contributed by atoms with Gasteiger partial charge in [0.1, 0.15) is 11.0 Å². The number of nitrogens with zero attached hydrogens (tertiary/aromatic N) is 3. The van der Waals surface area contributed by atoms with E-state index in [0.29, 0.717) is 0 Å². The summed E-state index contributed by atoms with van der Waals surface area (Å²) >= 11 is 1.54. The normalized spacial score (nSPS) is 10.2. The van der Waals surface area contributed by atoms with Gasteiger partial charge in [0, 0.05) is 11.6 Å². The molecule has 18 heavy (non-hydrogen) atoms. The van der Waals surface area contributed by atoms with Crippen molar-refractivity contribution in [3.05, 3.63) is 54.7 Å². The first-order valence-corrected chi connectivity index (χ1v) is 6.26. The number of para-hydroxylation sites is 2. The minimum absolute atomic E-state index is 0.914. The first-order chi connectivity index (χ1) is 8.93. The van der Waals surface area contributed by atoms with Gasteiger partial charge in [-0.2, -0.15) is 19.8 Å². The van der Waals surface area contributed by atoms with Crippen molar-refractivity contribution in [2.45, 2.75) is 0 Å². The van der Waals surface area contributed by atoms with Gasteiger partial charge in [-0.15, -0.1) is 0 Å². The molecule has 0 aliphatic carbocycles. The minimum Gasteiger partial charge on any atom is -0.200 e. The van der Waals surface area contributed by atoms with Crippen molar-refractivity contribution in [2.24, 2.45) is 0 Å². The maximum Gasteiger partial charge on any atom is 0.112 e. The van der Waals surface area contributed by atoms with Crippen molar-refractivity contribution in [3.63, 3.8) is 0 Å². The van der Waals surface area contributed by atoms with E-state index in [1.54, 1.807) is 0 Å². The molecule has 2 heterocycles. The molecule has 0 fully saturated rings. The summed E-state index contributed by atoms with van der Waals surface area (Å²) < 4.78 is 5.30. The lowest BCUT2D eigenvalue weighted by atomic mass is 10.3. The lowest BCUT2D eigenvalue weighted by Gasteiger charge is -1.80. The maximum atomic E-state index is 4.04. The number of aromatic nitrogens is 4. The Balaban J connectivity index is 0.000000111. The van der Waals surface area contributed by atoms with Crippen molar-refractivity contribution >= 4 is 32.7 Å². The third kappa shape index (κ3) is 2.21. The number of nitrogens with one attached hydrogen (secondary N) is 1. The molecule has 0 saturated carbocycles. The largest absolute Gasteiger partial charge is 0.200 e. The number of hydrogen-bond acceptors (Lipinski definition) is 4. The SMILES string of the molecule is c1ccc2n[nH]nc2c1.c1ccc2sncc2c1. The molecule has 4 nitrogen and oxygen atoms in total. The van der Waals surface area contributed by atoms with Gasteiger partial charge in [-0.3, -0.25) is 0 Å². The highest BCUT2D eigenvalue weighted by molar-refractivity contribution is 7.13. The second-order valence-corrected chi connectivity index (χ2v) is 4.51. The number of rotatable bonds is 0. The van der Waals surface area contributed by atoms with Crippen LogP contribution in [-0.2, 0) is 0 Å². The number of hydrogen-bond donors (Lipinski definition) is 1. The zero-order chi connectivity index (χ0) is 12.2. The van der Waals surface area contributed by atoms with Crippen LogP contribution in [0.15, 0.2) is 54.7 Å². The molecule has 0 spiro atoms. The smallest absolute Gasteiger partial charge is 0.112 e. The van der Waals surface area contributed by atoms with E-state index in [0.717, 1.165) is 11.0 Å². The summed E-state index contributed by atoms with van der Waals surface area (Å²) in [7, 11) is 0. The van der Waals surface area contributed by atoms with E-state index in [-0.39, 0.29) is 0 Å². The third-order valence-electron chi connectivity index (χ3n) is 2.48. The van der Waals surface area contributed by atoms with Crippen LogP contribution in [0.5, 0.6) is 0 Å². The molecule has 0 aliphatic heterocycles. The van der Waals surface area contributed by atoms with E-state index < -0.39 is 0 Å². The maximum absolute atomic E-state index is 4.04. The Kier molecular flexibility index (Phi) is 2.97. The van der Waals surface area contributed by atoms with Crippen LogP contribution >= 0.6 is 11.5 Å². The third-order valence-corrected chi connectivity index (χ3v) is 3.26. The highest BCUT2D eigenvalue weighted by Crippen LogP contribution is 2.15. The van der Waals surface area contributed by atoms with E-state index in [1.165, 1.54) is 21.6 Å². The first-order valence-electron chi connectivity index (χ1n) is 5.48. The fourth-order valence-electron chi connectivity index (χ4n) is 1.60. The highest BCUT2D eigenvalue weighted by atomic mass is 32.1.